The van der Waals surface area contributed by atoms with E-state index in [-0.39, 0.29) is 11.9 Å². The fourth-order valence-electron chi connectivity index (χ4n) is 4.72. The van der Waals surface area contributed by atoms with Crippen molar-refractivity contribution in [3.8, 4) is 0 Å². The van der Waals surface area contributed by atoms with Crippen LogP contribution in [-0.2, 0) is 10.1 Å². The van der Waals surface area contributed by atoms with Crippen molar-refractivity contribution in [2.24, 2.45) is 15.4 Å². The highest BCUT2D eigenvalue weighted by atomic mass is 79.9. The lowest BCUT2D eigenvalue weighted by Crippen LogP contribution is -2.35. The summed E-state index contributed by atoms with van der Waals surface area (Å²) in [5, 5.41) is 1.15. The standard InChI is InChI=1S/C26H25BrClFN4OS/c1-30-16-21-24(33(25(34)26(21)9-10-26)23-14-18(29)5-6-22(23)28)31-19-7-11-32(12-8-19)35-20-4-2-3-17(13-20)15-27/h2-6,13-14,16,19H,1,7-12,15H2/b21-16+,31-24?. The van der Waals surface area contributed by atoms with Gasteiger partial charge in [0.1, 0.15) is 11.7 Å². The number of carbonyl (C=O) groups excluding carboxylic acids is 1. The maximum atomic E-state index is 14.1. The second kappa shape index (κ2) is 10.2. The van der Waals surface area contributed by atoms with Crippen LogP contribution in [0, 0.1) is 11.2 Å². The normalized spacial score (nSPS) is 22.5. The van der Waals surface area contributed by atoms with E-state index in [2.05, 4.69) is 56.2 Å². The monoisotopic (exact) mass is 574 g/mol. The SMILES string of the molecule is C=N/C=C1\C(=NC2CCN(Sc3cccc(CBr)c3)CC2)N(c2cc(F)ccc2Cl)C(=O)C12CC2. The van der Waals surface area contributed by atoms with Gasteiger partial charge in [-0.25, -0.2) is 8.70 Å². The number of benzene rings is 2. The summed E-state index contributed by atoms with van der Waals surface area (Å²) in [6.45, 7) is 5.36. The molecule has 0 bridgehead atoms. The number of amides is 1. The molecule has 9 heteroatoms. The van der Waals surface area contributed by atoms with Crippen LogP contribution in [0.25, 0.3) is 0 Å². The number of rotatable bonds is 6. The second-order valence-electron chi connectivity index (χ2n) is 9.03. The van der Waals surface area contributed by atoms with Crippen LogP contribution in [-0.4, -0.2) is 41.9 Å². The number of hydrogen-bond acceptors (Lipinski definition) is 5. The fourth-order valence-corrected chi connectivity index (χ4v) is 6.30. The first-order valence-electron chi connectivity index (χ1n) is 11.6. The Kier molecular flexibility index (Phi) is 7.17. The molecule has 0 unspecified atom stereocenters. The van der Waals surface area contributed by atoms with Gasteiger partial charge < -0.3 is 0 Å². The lowest BCUT2D eigenvalue weighted by Gasteiger charge is -2.30. The van der Waals surface area contributed by atoms with Gasteiger partial charge in [0.2, 0.25) is 5.91 Å². The summed E-state index contributed by atoms with van der Waals surface area (Å²) in [7, 11) is 0. The molecule has 1 saturated carbocycles. The number of hydrogen-bond donors (Lipinski definition) is 0. The summed E-state index contributed by atoms with van der Waals surface area (Å²) < 4.78 is 16.5. The predicted octanol–water partition coefficient (Wildman–Crippen LogP) is 6.66. The van der Waals surface area contributed by atoms with Crippen LogP contribution < -0.4 is 4.90 Å². The minimum Gasteiger partial charge on any atom is -0.273 e. The van der Waals surface area contributed by atoms with Gasteiger partial charge in [0.25, 0.3) is 0 Å². The van der Waals surface area contributed by atoms with E-state index in [4.69, 9.17) is 16.6 Å². The highest BCUT2D eigenvalue weighted by Gasteiger charge is 2.62. The molecule has 0 radical (unpaired) electrons. The van der Waals surface area contributed by atoms with Crippen LogP contribution in [0.4, 0.5) is 10.1 Å². The molecule has 1 amide bonds. The van der Waals surface area contributed by atoms with Crippen molar-refractivity contribution >= 4 is 63.6 Å². The number of aliphatic imine (C=N–C) groups is 2. The maximum Gasteiger partial charge on any atom is 0.243 e. The Bertz CT molecular complexity index is 1220. The van der Waals surface area contributed by atoms with Crippen LogP contribution in [0.3, 0.4) is 0 Å². The third-order valence-corrected chi connectivity index (χ3v) is 8.77. The summed E-state index contributed by atoms with van der Waals surface area (Å²) in [5.41, 5.74) is 1.70. The molecule has 2 aromatic carbocycles. The van der Waals surface area contributed by atoms with Crippen molar-refractivity contribution in [1.29, 1.82) is 0 Å². The number of halogens is 3. The molecule has 2 saturated heterocycles. The molecule has 5 nitrogen and oxygen atoms in total. The van der Waals surface area contributed by atoms with E-state index in [1.54, 1.807) is 18.1 Å². The van der Waals surface area contributed by atoms with E-state index < -0.39 is 11.2 Å². The zero-order chi connectivity index (χ0) is 24.6. The first kappa shape index (κ1) is 24.7. The molecular formula is C26H25BrClFN4OS. The number of alkyl halides is 1. The number of amidine groups is 1. The van der Waals surface area contributed by atoms with Crippen molar-refractivity contribution < 1.29 is 9.18 Å². The summed E-state index contributed by atoms with van der Waals surface area (Å²) in [6.07, 6.45) is 4.79. The molecule has 182 valence electrons. The fraction of sp³-hybridized carbons (Fsp3) is 0.346. The summed E-state index contributed by atoms with van der Waals surface area (Å²) >= 11 is 11.7. The number of carbonyl (C=O) groups is 1. The van der Waals surface area contributed by atoms with Gasteiger partial charge in [0.15, 0.2) is 0 Å². The highest BCUT2D eigenvalue weighted by molar-refractivity contribution is 9.08. The van der Waals surface area contributed by atoms with Crippen LogP contribution in [0.1, 0.15) is 31.2 Å². The Hall–Kier alpha value is -2.00. The molecule has 35 heavy (non-hydrogen) atoms. The number of piperidine rings is 1. The molecule has 1 spiro atoms. The first-order valence-corrected chi connectivity index (χ1v) is 13.8. The summed E-state index contributed by atoms with van der Waals surface area (Å²) in [6, 6.07) is 12.6. The van der Waals surface area contributed by atoms with Crippen molar-refractivity contribution in [1.82, 2.24) is 4.31 Å². The predicted molar refractivity (Wildman–Crippen MR) is 145 cm³/mol. The van der Waals surface area contributed by atoms with Gasteiger partial charge in [0.05, 0.1) is 22.2 Å². The average Bonchev–Trinajstić information content (AvgIpc) is 3.63. The second-order valence-corrected chi connectivity index (χ2v) is 11.2. The van der Waals surface area contributed by atoms with Crippen molar-refractivity contribution in [3.63, 3.8) is 0 Å². The molecule has 5 rings (SSSR count). The quantitative estimate of drug-likeness (QED) is 0.220. The molecule has 2 aliphatic heterocycles. The summed E-state index contributed by atoms with van der Waals surface area (Å²) in [4.78, 5) is 25.3. The molecule has 3 aliphatic rings. The van der Waals surface area contributed by atoms with Crippen LogP contribution in [0.5, 0.6) is 0 Å². The first-order chi connectivity index (χ1) is 16.9. The largest absolute Gasteiger partial charge is 0.273 e. The van der Waals surface area contributed by atoms with Crippen LogP contribution in [0.2, 0.25) is 5.02 Å². The topological polar surface area (TPSA) is 48.3 Å². The van der Waals surface area contributed by atoms with Crippen molar-refractivity contribution in [3.05, 3.63) is 70.6 Å². The Morgan fingerprint density at radius 1 is 1.23 bits per heavy atom. The van der Waals surface area contributed by atoms with Crippen LogP contribution in [0.15, 0.2) is 69.1 Å². The molecule has 0 N–H and O–H groups in total. The van der Waals surface area contributed by atoms with E-state index >= 15 is 0 Å². The molecule has 3 fully saturated rings. The smallest absolute Gasteiger partial charge is 0.243 e. The van der Waals surface area contributed by atoms with E-state index in [1.807, 2.05) is 0 Å². The van der Waals surface area contributed by atoms with Gasteiger partial charge in [-0.1, -0.05) is 39.7 Å². The lowest BCUT2D eigenvalue weighted by atomic mass is 9.99. The molecular weight excluding hydrogens is 551 g/mol. The van der Waals surface area contributed by atoms with Crippen molar-refractivity contribution in [2.75, 3.05) is 18.0 Å². The Balaban J connectivity index is 1.39. The molecule has 0 aromatic heterocycles. The third-order valence-electron chi connectivity index (χ3n) is 6.72. The zero-order valence-corrected chi connectivity index (χ0v) is 22.3. The summed E-state index contributed by atoms with van der Waals surface area (Å²) in [5.74, 6) is -0.0307. The minimum absolute atomic E-state index is 0.0421. The van der Waals surface area contributed by atoms with Gasteiger partial charge >= 0.3 is 0 Å². The van der Waals surface area contributed by atoms with Crippen LogP contribution >= 0.6 is 39.5 Å². The van der Waals surface area contributed by atoms with Gasteiger partial charge in [-0.15, -0.1) is 0 Å². The van der Waals surface area contributed by atoms with Gasteiger partial charge in [-0.3, -0.25) is 19.7 Å². The highest BCUT2D eigenvalue weighted by Crippen LogP contribution is 2.59. The van der Waals surface area contributed by atoms with E-state index in [0.717, 1.165) is 49.7 Å². The lowest BCUT2D eigenvalue weighted by molar-refractivity contribution is -0.120. The zero-order valence-electron chi connectivity index (χ0n) is 19.1. The third kappa shape index (κ3) is 4.86. The number of anilines is 1. The molecule has 2 heterocycles. The minimum atomic E-state index is -0.646. The molecule has 0 atom stereocenters. The van der Waals surface area contributed by atoms with E-state index in [9.17, 15) is 9.18 Å². The number of nitrogens with zero attached hydrogens (tertiary/aromatic N) is 4. The maximum absolute atomic E-state index is 14.1. The Labute approximate surface area is 222 Å². The van der Waals surface area contributed by atoms with E-state index in [0.29, 0.717) is 16.5 Å². The Morgan fingerprint density at radius 3 is 2.69 bits per heavy atom. The average molecular weight is 576 g/mol. The van der Waals surface area contributed by atoms with E-state index in [1.165, 1.54) is 33.6 Å². The molecule has 1 aliphatic carbocycles. The van der Waals surface area contributed by atoms with Gasteiger partial charge in [-0.2, -0.15) is 0 Å². The van der Waals surface area contributed by atoms with Gasteiger partial charge in [0, 0.05) is 35.1 Å². The Morgan fingerprint density at radius 2 is 2.00 bits per heavy atom. The molecule has 2 aromatic rings. The van der Waals surface area contributed by atoms with Gasteiger partial charge in [-0.05, 0) is 80.2 Å². The van der Waals surface area contributed by atoms with Crippen molar-refractivity contribution in [2.45, 2.75) is 42.0 Å².